The summed E-state index contributed by atoms with van der Waals surface area (Å²) in [6, 6.07) is 5.57. The number of rotatable bonds is 3. The first-order chi connectivity index (χ1) is 8.66. The van der Waals surface area contributed by atoms with Crippen LogP contribution in [0.1, 0.15) is 35.2 Å². The Kier molecular flexibility index (Phi) is 4.20. The summed E-state index contributed by atoms with van der Waals surface area (Å²) in [5, 5.41) is 12.4. The molecule has 1 saturated heterocycles. The second kappa shape index (κ2) is 5.87. The van der Waals surface area contributed by atoms with E-state index in [1.165, 1.54) is 0 Å². The van der Waals surface area contributed by atoms with Crippen LogP contribution >= 0.6 is 0 Å². The topological polar surface area (TPSA) is 58.6 Å². The van der Waals surface area contributed by atoms with Gasteiger partial charge in [-0.3, -0.25) is 0 Å². The number of ether oxygens (including phenoxy) is 1. The maximum Gasteiger partial charge on any atom is 0.335 e. The Balaban J connectivity index is 2.11. The summed E-state index contributed by atoms with van der Waals surface area (Å²) in [7, 11) is 0. The monoisotopic (exact) mass is 249 g/mol. The average molecular weight is 249 g/mol. The number of carboxylic acid groups (broad SMARTS) is 1. The summed E-state index contributed by atoms with van der Waals surface area (Å²) in [5.41, 5.74) is 2.32. The lowest BCUT2D eigenvalue weighted by atomic mass is 10.1. The summed E-state index contributed by atoms with van der Waals surface area (Å²) in [5.74, 6) is -0.887. The number of nitrogens with one attached hydrogen (secondary N) is 1. The number of benzene rings is 1. The molecule has 98 valence electrons. The number of carboxylic acids is 1. The maximum atomic E-state index is 11.0. The van der Waals surface area contributed by atoms with Crippen molar-refractivity contribution in [1.82, 2.24) is 0 Å². The molecule has 1 unspecified atom stereocenters. The van der Waals surface area contributed by atoms with Gasteiger partial charge in [-0.15, -0.1) is 0 Å². The van der Waals surface area contributed by atoms with Crippen molar-refractivity contribution in [3.63, 3.8) is 0 Å². The van der Waals surface area contributed by atoms with E-state index in [0.717, 1.165) is 43.7 Å². The average Bonchev–Trinajstić information content (AvgIpc) is 2.60. The Morgan fingerprint density at radius 1 is 1.39 bits per heavy atom. The molecule has 1 aliphatic rings. The van der Waals surface area contributed by atoms with Gasteiger partial charge in [0, 0.05) is 24.9 Å². The fraction of sp³-hybridized carbons (Fsp3) is 0.500. The van der Waals surface area contributed by atoms with Crippen molar-refractivity contribution < 1.29 is 14.6 Å². The zero-order chi connectivity index (χ0) is 13.0. The molecule has 4 nitrogen and oxygen atoms in total. The van der Waals surface area contributed by atoms with Gasteiger partial charge in [-0.05, 0) is 43.9 Å². The molecular formula is C14H19NO3. The Labute approximate surface area is 107 Å². The number of hydrogen-bond acceptors (Lipinski definition) is 3. The molecule has 2 N–H and O–H groups in total. The van der Waals surface area contributed by atoms with Crippen LogP contribution in [0.25, 0.3) is 0 Å². The number of aryl methyl sites for hydroxylation is 1. The fourth-order valence-corrected chi connectivity index (χ4v) is 2.18. The summed E-state index contributed by atoms with van der Waals surface area (Å²) in [6.45, 7) is 3.59. The van der Waals surface area contributed by atoms with E-state index in [1.54, 1.807) is 12.1 Å². The molecule has 0 aromatic heterocycles. The largest absolute Gasteiger partial charge is 0.478 e. The van der Waals surface area contributed by atoms with Crippen LogP contribution in [0.4, 0.5) is 5.69 Å². The molecule has 1 fully saturated rings. The summed E-state index contributed by atoms with van der Waals surface area (Å²) in [4.78, 5) is 11.0. The van der Waals surface area contributed by atoms with Crippen LogP contribution in [0.3, 0.4) is 0 Å². The highest BCUT2D eigenvalue weighted by molar-refractivity contribution is 5.89. The third-order valence-electron chi connectivity index (χ3n) is 3.30. The lowest BCUT2D eigenvalue weighted by Crippen LogP contribution is -2.20. The molecule has 1 aromatic carbocycles. The van der Waals surface area contributed by atoms with Crippen LogP contribution in [-0.4, -0.2) is 30.3 Å². The standard InChI is InChI=1S/C14H19NO3/c1-10-4-5-11(14(16)17)9-13(10)15-12-3-2-7-18-8-6-12/h4-5,9,12,15H,2-3,6-8H2,1H3,(H,16,17). The van der Waals surface area contributed by atoms with Crippen LogP contribution in [0.15, 0.2) is 18.2 Å². The summed E-state index contributed by atoms with van der Waals surface area (Å²) < 4.78 is 5.42. The number of aromatic carboxylic acids is 1. The molecule has 18 heavy (non-hydrogen) atoms. The van der Waals surface area contributed by atoms with E-state index in [9.17, 15) is 4.79 Å². The minimum atomic E-state index is -0.887. The van der Waals surface area contributed by atoms with E-state index in [2.05, 4.69) is 5.32 Å². The molecular weight excluding hydrogens is 230 g/mol. The Morgan fingerprint density at radius 3 is 3.00 bits per heavy atom. The molecule has 1 aliphatic heterocycles. The summed E-state index contributed by atoms with van der Waals surface area (Å²) >= 11 is 0. The molecule has 0 spiro atoms. The third-order valence-corrected chi connectivity index (χ3v) is 3.30. The van der Waals surface area contributed by atoms with Gasteiger partial charge in [-0.1, -0.05) is 6.07 Å². The zero-order valence-corrected chi connectivity index (χ0v) is 10.6. The van der Waals surface area contributed by atoms with Crippen molar-refractivity contribution in [2.75, 3.05) is 18.5 Å². The number of anilines is 1. The van der Waals surface area contributed by atoms with Gasteiger partial charge in [0.15, 0.2) is 0 Å². The van der Waals surface area contributed by atoms with Gasteiger partial charge < -0.3 is 15.2 Å². The molecule has 1 atom stereocenters. The van der Waals surface area contributed by atoms with Gasteiger partial charge in [-0.25, -0.2) is 4.79 Å². The molecule has 0 radical (unpaired) electrons. The smallest absolute Gasteiger partial charge is 0.335 e. The quantitative estimate of drug-likeness (QED) is 0.864. The Hall–Kier alpha value is -1.55. The highest BCUT2D eigenvalue weighted by Gasteiger charge is 2.14. The molecule has 0 amide bonds. The zero-order valence-electron chi connectivity index (χ0n) is 10.6. The summed E-state index contributed by atoms with van der Waals surface area (Å²) in [6.07, 6.45) is 3.09. The molecule has 0 bridgehead atoms. The van der Waals surface area contributed by atoms with Crippen molar-refractivity contribution in [2.24, 2.45) is 0 Å². The lowest BCUT2D eigenvalue weighted by Gasteiger charge is -2.19. The minimum absolute atomic E-state index is 0.327. The highest BCUT2D eigenvalue weighted by Crippen LogP contribution is 2.21. The molecule has 0 saturated carbocycles. The molecule has 1 heterocycles. The normalized spacial score (nSPS) is 20.2. The van der Waals surface area contributed by atoms with Crippen molar-refractivity contribution in [2.45, 2.75) is 32.2 Å². The van der Waals surface area contributed by atoms with Crippen molar-refractivity contribution >= 4 is 11.7 Å². The van der Waals surface area contributed by atoms with Gasteiger partial charge in [-0.2, -0.15) is 0 Å². The van der Waals surface area contributed by atoms with Crippen LogP contribution in [0, 0.1) is 6.92 Å². The van der Waals surface area contributed by atoms with Gasteiger partial charge in [0.1, 0.15) is 0 Å². The predicted octanol–water partition coefficient (Wildman–Crippen LogP) is 2.67. The lowest BCUT2D eigenvalue weighted by molar-refractivity contribution is 0.0697. The van der Waals surface area contributed by atoms with Crippen LogP contribution < -0.4 is 5.32 Å². The van der Waals surface area contributed by atoms with Crippen molar-refractivity contribution in [3.05, 3.63) is 29.3 Å². The minimum Gasteiger partial charge on any atom is -0.478 e. The van der Waals surface area contributed by atoms with E-state index in [4.69, 9.17) is 9.84 Å². The van der Waals surface area contributed by atoms with Crippen molar-refractivity contribution in [3.8, 4) is 0 Å². The van der Waals surface area contributed by atoms with E-state index >= 15 is 0 Å². The highest BCUT2D eigenvalue weighted by atomic mass is 16.5. The van der Waals surface area contributed by atoms with Crippen LogP contribution in [-0.2, 0) is 4.74 Å². The second-order valence-corrected chi connectivity index (χ2v) is 4.72. The van der Waals surface area contributed by atoms with E-state index in [0.29, 0.717) is 11.6 Å². The predicted molar refractivity (Wildman–Crippen MR) is 70.2 cm³/mol. The Morgan fingerprint density at radius 2 is 2.22 bits per heavy atom. The first-order valence-electron chi connectivity index (χ1n) is 6.35. The van der Waals surface area contributed by atoms with E-state index in [1.807, 2.05) is 13.0 Å². The van der Waals surface area contributed by atoms with Gasteiger partial charge in [0.05, 0.1) is 5.56 Å². The van der Waals surface area contributed by atoms with Gasteiger partial charge in [0.2, 0.25) is 0 Å². The first-order valence-corrected chi connectivity index (χ1v) is 6.35. The number of hydrogen-bond donors (Lipinski definition) is 2. The number of carbonyl (C=O) groups is 1. The SMILES string of the molecule is Cc1ccc(C(=O)O)cc1NC1CCCOCC1. The van der Waals surface area contributed by atoms with Gasteiger partial charge in [0.25, 0.3) is 0 Å². The maximum absolute atomic E-state index is 11.0. The molecule has 1 aromatic rings. The van der Waals surface area contributed by atoms with Gasteiger partial charge >= 0.3 is 5.97 Å². The molecule has 2 rings (SSSR count). The Bertz CT molecular complexity index is 423. The molecule has 4 heteroatoms. The first kappa shape index (κ1) is 12.9. The second-order valence-electron chi connectivity index (χ2n) is 4.72. The third kappa shape index (κ3) is 3.23. The van der Waals surface area contributed by atoms with Crippen LogP contribution in [0.5, 0.6) is 0 Å². The van der Waals surface area contributed by atoms with E-state index in [-0.39, 0.29) is 0 Å². The van der Waals surface area contributed by atoms with E-state index < -0.39 is 5.97 Å². The fourth-order valence-electron chi connectivity index (χ4n) is 2.18. The van der Waals surface area contributed by atoms with Crippen molar-refractivity contribution in [1.29, 1.82) is 0 Å². The van der Waals surface area contributed by atoms with Crippen LogP contribution in [0.2, 0.25) is 0 Å². The molecule has 0 aliphatic carbocycles.